The lowest BCUT2D eigenvalue weighted by Crippen LogP contribution is -2.12. The van der Waals surface area contributed by atoms with Crippen molar-refractivity contribution in [3.8, 4) is 0 Å². The normalized spacial score (nSPS) is 21.4. The molecular formula is C10H14F4O2S. The lowest BCUT2D eigenvalue weighted by Gasteiger charge is -2.17. The molecular weight excluding hydrogens is 260 g/mol. The van der Waals surface area contributed by atoms with E-state index in [9.17, 15) is 17.6 Å². The third-order valence-corrected chi connectivity index (χ3v) is 2.90. The monoisotopic (exact) mass is 274 g/mol. The Balaban J connectivity index is 1.95. The number of halogens is 4. The van der Waals surface area contributed by atoms with Gasteiger partial charge in [-0.25, -0.2) is 9.28 Å². The van der Waals surface area contributed by atoms with Gasteiger partial charge in [0.2, 0.25) is 0 Å². The smallest absolute Gasteiger partial charge is 0.224 e. The van der Waals surface area contributed by atoms with Crippen LogP contribution >= 0.6 is 12.0 Å². The highest BCUT2D eigenvalue weighted by atomic mass is 32.2. The average Bonchev–Trinajstić information content (AvgIpc) is 2.24. The first-order valence-electron chi connectivity index (χ1n) is 5.30. The zero-order valence-corrected chi connectivity index (χ0v) is 9.95. The lowest BCUT2D eigenvalue weighted by molar-refractivity contribution is -0.202. The number of rotatable bonds is 6. The summed E-state index contributed by atoms with van der Waals surface area (Å²) in [4.78, 5) is 4.77. The molecule has 0 amide bonds. The van der Waals surface area contributed by atoms with E-state index in [1.807, 2.05) is 0 Å². The van der Waals surface area contributed by atoms with Crippen molar-refractivity contribution in [1.82, 2.24) is 0 Å². The molecule has 1 atom stereocenters. The van der Waals surface area contributed by atoms with Gasteiger partial charge < -0.3 is 0 Å². The Hall–Kier alpha value is -0.270. The van der Waals surface area contributed by atoms with Gasteiger partial charge in [0.1, 0.15) is 0 Å². The average molecular weight is 274 g/mol. The van der Waals surface area contributed by atoms with Gasteiger partial charge in [0, 0.05) is 17.8 Å². The molecule has 1 aliphatic carbocycles. The van der Waals surface area contributed by atoms with Crippen molar-refractivity contribution in [2.24, 2.45) is 5.92 Å². The minimum Gasteiger partial charge on any atom is -0.224 e. The van der Waals surface area contributed by atoms with Gasteiger partial charge in [-0.2, -0.15) is 17.5 Å². The molecule has 0 saturated heterocycles. The highest BCUT2D eigenvalue weighted by Gasteiger charge is 2.26. The van der Waals surface area contributed by atoms with Gasteiger partial charge in [-0.05, 0) is 25.2 Å². The summed E-state index contributed by atoms with van der Waals surface area (Å²) < 4.78 is 52.4. The van der Waals surface area contributed by atoms with E-state index in [4.69, 9.17) is 4.89 Å². The third kappa shape index (κ3) is 7.62. The van der Waals surface area contributed by atoms with E-state index in [-0.39, 0.29) is 24.1 Å². The van der Waals surface area contributed by atoms with Crippen molar-refractivity contribution in [3.05, 3.63) is 11.9 Å². The molecule has 100 valence electrons. The van der Waals surface area contributed by atoms with Crippen LogP contribution in [-0.2, 0) is 9.22 Å². The Morgan fingerprint density at radius 3 is 2.76 bits per heavy atom. The van der Waals surface area contributed by atoms with Gasteiger partial charge in [0.05, 0.1) is 18.9 Å². The van der Waals surface area contributed by atoms with Crippen molar-refractivity contribution in [2.45, 2.75) is 31.9 Å². The van der Waals surface area contributed by atoms with Gasteiger partial charge >= 0.3 is 6.18 Å². The summed E-state index contributed by atoms with van der Waals surface area (Å²) in [7, 11) is 0. The Morgan fingerprint density at radius 1 is 1.41 bits per heavy atom. The van der Waals surface area contributed by atoms with Gasteiger partial charge in [0.15, 0.2) is 0 Å². The molecule has 0 saturated carbocycles. The predicted octanol–water partition coefficient (Wildman–Crippen LogP) is 4.19. The zero-order valence-electron chi connectivity index (χ0n) is 9.13. The summed E-state index contributed by atoms with van der Waals surface area (Å²) in [5.41, 5.74) is 0. The van der Waals surface area contributed by atoms with Gasteiger partial charge in [-0.3, -0.25) is 0 Å². The van der Waals surface area contributed by atoms with E-state index in [0.29, 0.717) is 31.3 Å². The summed E-state index contributed by atoms with van der Waals surface area (Å²) in [5, 5.41) is 0. The standard InChI is InChI=1S/C10H14F4O2S/c11-9-3-1-8(2-4-9)7-15-16-17-6-5-10(12,13)14/h3,8H,1-2,4-7H2. The first-order chi connectivity index (χ1) is 7.97. The highest BCUT2D eigenvalue weighted by molar-refractivity contribution is 7.94. The fraction of sp³-hybridized carbons (Fsp3) is 0.800. The van der Waals surface area contributed by atoms with Crippen LogP contribution in [0.3, 0.4) is 0 Å². The van der Waals surface area contributed by atoms with Crippen LogP contribution in [0, 0.1) is 5.92 Å². The Morgan fingerprint density at radius 2 is 2.18 bits per heavy atom. The minimum atomic E-state index is -4.16. The maximum atomic E-state index is 12.6. The molecule has 7 heteroatoms. The molecule has 0 heterocycles. The molecule has 0 N–H and O–H groups in total. The maximum Gasteiger partial charge on any atom is 0.389 e. The van der Waals surface area contributed by atoms with Crippen LogP contribution in [-0.4, -0.2) is 18.5 Å². The Labute approximate surface area is 101 Å². The summed E-state index contributed by atoms with van der Waals surface area (Å²) >= 11 is 0.638. The molecule has 0 aromatic heterocycles. The molecule has 1 aliphatic rings. The second-order valence-electron chi connectivity index (χ2n) is 3.83. The van der Waals surface area contributed by atoms with E-state index in [0.717, 1.165) is 0 Å². The molecule has 0 fully saturated rings. The molecule has 0 aliphatic heterocycles. The highest BCUT2D eigenvalue weighted by Crippen LogP contribution is 2.25. The quantitative estimate of drug-likeness (QED) is 0.238. The second-order valence-corrected chi connectivity index (χ2v) is 4.61. The van der Waals surface area contributed by atoms with Crippen LogP contribution in [0.1, 0.15) is 25.7 Å². The predicted molar refractivity (Wildman–Crippen MR) is 56.7 cm³/mol. The van der Waals surface area contributed by atoms with E-state index in [1.165, 1.54) is 6.08 Å². The summed E-state index contributed by atoms with van der Waals surface area (Å²) in [6.45, 7) is 0.281. The van der Waals surface area contributed by atoms with Crippen molar-refractivity contribution < 1.29 is 26.8 Å². The maximum absolute atomic E-state index is 12.6. The third-order valence-electron chi connectivity index (χ3n) is 2.33. The SMILES string of the molecule is FC1=CCC(COOSCCC(F)(F)F)CC1. The molecule has 2 nitrogen and oxygen atoms in total. The second kappa shape index (κ2) is 7.23. The minimum absolute atomic E-state index is 0.110. The Bertz CT molecular complexity index is 255. The van der Waals surface area contributed by atoms with Crippen LogP contribution in [0.25, 0.3) is 0 Å². The summed E-state index contributed by atoms with van der Waals surface area (Å²) in [5.74, 6) is -0.123. The molecule has 1 unspecified atom stereocenters. The van der Waals surface area contributed by atoms with Gasteiger partial charge in [-0.1, -0.05) is 6.08 Å². The van der Waals surface area contributed by atoms with E-state index in [1.54, 1.807) is 0 Å². The molecule has 0 radical (unpaired) electrons. The fourth-order valence-corrected chi connectivity index (χ4v) is 1.86. The van der Waals surface area contributed by atoms with E-state index >= 15 is 0 Å². The zero-order chi connectivity index (χ0) is 12.7. The Kier molecular flexibility index (Phi) is 6.29. The van der Waals surface area contributed by atoms with E-state index in [2.05, 4.69) is 4.33 Å². The molecule has 0 aromatic rings. The first kappa shape index (κ1) is 14.8. The largest absolute Gasteiger partial charge is 0.389 e. The van der Waals surface area contributed by atoms with Crippen molar-refractivity contribution in [3.63, 3.8) is 0 Å². The number of hydrogen-bond acceptors (Lipinski definition) is 3. The van der Waals surface area contributed by atoms with E-state index < -0.39 is 12.6 Å². The van der Waals surface area contributed by atoms with Crippen LogP contribution < -0.4 is 0 Å². The number of hydrogen-bond donors (Lipinski definition) is 0. The topological polar surface area (TPSA) is 18.5 Å². The van der Waals surface area contributed by atoms with Crippen molar-refractivity contribution in [2.75, 3.05) is 12.4 Å². The number of alkyl halides is 3. The molecule has 0 aromatic carbocycles. The van der Waals surface area contributed by atoms with Crippen molar-refractivity contribution >= 4 is 12.0 Å². The number of allylic oxidation sites excluding steroid dienone is 2. The fourth-order valence-electron chi connectivity index (χ4n) is 1.36. The van der Waals surface area contributed by atoms with Crippen LogP contribution in [0.15, 0.2) is 11.9 Å². The summed E-state index contributed by atoms with van der Waals surface area (Å²) in [6, 6.07) is 0. The molecule has 17 heavy (non-hydrogen) atoms. The van der Waals surface area contributed by atoms with Gasteiger partial charge in [-0.15, -0.1) is 0 Å². The van der Waals surface area contributed by atoms with Gasteiger partial charge in [0.25, 0.3) is 0 Å². The lowest BCUT2D eigenvalue weighted by atomic mass is 9.95. The first-order valence-corrected chi connectivity index (χ1v) is 6.21. The van der Waals surface area contributed by atoms with Crippen LogP contribution in [0.5, 0.6) is 0 Å². The molecule has 0 bridgehead atoms. The molecule has 0 spiro atoms. The van der Waals surface area contributed by atoms with Crippen molar-refractivity contribution in [1.29, 1.82) is 0 Å². The van der Waals surface area contributed by atoms with Crippen LogP contribution in [0.2, 0.25) is 0 Å². The van der Waals surface area contributed by atoms with Crippen LogP contribution in [0.4, 0.5) is 17.6 Å². The molecule has 1 rings (SSSR count). The summed E-state index contributed by atoms with van der Waals surface area (Å²) in [6.07, 6.45) is -1.90.